The molecule has 0 amide bonds. The Morgan fingerprint density at radius 1 is 1.38 bits per heavy atom. The molecule has 4 nitrogen and oxygen atoms in total. The highest BCUT2D eigenvalue weighted by Gasteiger charge is 2.32. The summed E-state index contributed by atoms with van der Waals surface area (Å²) in [5.74, 6) is -1.39. The molecule has 0 bridgehead atoms. The number of alkyl halides is 4. The Morgan fingerprint density at radius 3 is 2.52 bits per heavy atom. The molecule has 114 valence electrons. The van der Waals surface area contributed by atoms with Crippen molar-refractivity contribution in [2.45, 2.75) is 25.6 Å². The van der Waals surface area contributed by atoms with E-state index in [0.29, 0.717) is 5.56 Å². The molecule has 0 radical (unpaired) electrons. The zero-order valence-electron chi connectivity index (χ0n) is 11.0. The van der Waals surface area contributed by atoms with E-state index in [-0.39, 0.29) is 23.6 Å². The Hall–Kier alpha value is -1.94. The van der Waals surface area contributed by atoms with Crippen molar-refractivity contribution in [3.8, 4) is 11.8 Å². The highest BCUT2D eigenvalue weighted by Crippen LogP contribution is 2.30. The molecule has 0 fully saturated rings. The molecule has 0 saturated heterocycles. The summed E-state index contributed by atoms with van der Waals surface area (Å²) in [6.07, 6.45) is -5.34. The maximum Gasteiger partial charge on any atom is 0.573 e. The van der Waals surface area contributed by atoms with Crippen molar-refractivity contribution < 1.29 is 27.4 Å². The first-order chi connectivity index (χ1) is 9.80. The average Bonchev–Trinajstić information content (AvgIpc) is 2.38. The second kappa shape index (κ2) is 7.18. The van der Waals surface area contributed by atoms with Crippen molar-refractivity contribution in [1.82, 2.24) is 0 Å². The topological polar surface area (TPSA) is 59.3 Å². The second-order valence-electron chi connectivity index (χ2n) is 3.89. The van der Waals surface area contributed by atoms with Crippen molar-refractivity contribution in [2.24, 2.45) is 0 Å². The minimum Gasteiger partial charge on any atom is -0.466 e. The summed E-state index contributed by atoms with van der Waals surface area (Å²) < 4.78 is 45.7. The first kappa shape index (κ1) is 17.1. The van der Waals surface area contributed by atoms with Gasteiger partial charge in [-0.05, 0) is 24.6 Å². The molecule has 0 spiro atoms. The number of carbonyl (C=O) groups is 1. The van der Waals surface area contributed by atoms with Gasteiger partial charge in [0.1, 0.15) is 5.75 Å². The fraction of sp³-hybridized carbons (Fsp3) is 0.385. The molecule has 21 heavy (non-hydrogen) atoms. The molecule has 8 heteroatoms. The number of ether oxygens (including phenoxy) is 2. The average molecular weight is 322 g/mol. The van der Waals surface area contributed by atoms with E-state index in [1.54, 1.807) is 13.0 Å². The SMILES string of the molecule is CCOC(=O)Cc1cc(CCl)c(C#N)cc1OC(F)(F)F. The van der Waals surface area contributed by atoms with Crippen LogP contribution in [0.4, 0.5) is 13.2 Å². The lowest BCUT2D eigenvalue weighted by atomic mass is 10.0. The van der Waals surface area contributed by atoms with Gasteiger partial charge in [-0.25, -0.2) is 0 Å². The van der Waals surface area contributed by atoms with E-state index < -0.39 is 24.5 Å². The number of carbonyl (C=O) groups excluding carboxylic acids is 1. The van der Waals surface area contributed by atoms with Gasteiger partial charge < -0.3 is 9.47 Å². The zero-order valence-corrected chi connectivity index (χ0v) is 11.7. The van der Waals surface area contributed by atoms with Crippen LogP contribution >= 0.6 is 11.6 Å². The van der Waals surface area contributed by atoms with Gasteiger partial charge in [0, 0.05) is 11.4 Å². The lowest BCUT2D eigenvalue weighted by Gasteiger charge is -2.15. The predicted molar refractivity (Wildman–Crippen MR) is 67.7 cm³/mol. The number of halogens is 4. The lowest BCUT2D eigenvalue weighted by Crippen LogP contribution is -2.19. The molecule has 0 atom stereocenters. The highest BCUT2D eigenvalue weighted by atomic mass is 35.5. The summed E-state index contributed by atoms with van der Waals surface area (Å²) in [5, 5.41) is 8.89. The molecular weight excluding hydrogens is 311 g/mol. The molecule has 0 aliphatic carbocycles. The zero-order chi connectivity index (χ0) is 16.0. The summed E-state index contributed by atoms with van der Waals surface area (Å²) in [6, 6.07) is 3.89. The third-order valence-corrected chi connectivity index (χ3v) is 2.70. The number of benzene rings is 1. The third kappa shape index (κ3) is 5.16. The van der Waals surface area contributed by atoms with Gasteiger partial charge in [0.2, 0.25) is 0 Å². The molecule has 1 aromatic rings. The quantitative estimate of drug-likeness (QED) is 0.616. The number of rotatable bonds is 5. The summed E-state index contributed by atoms with van der Waals surface area (Å²) in [4.78, 5) is 11.4. The fourth-order valence-electron chi connectivity index (χ4n) is 1.62. The van der Waals surface area contributed by atoms with Crippen LogP contribution in [0.15, 0.2) is 12.1 Å². The summed E-state index contributed by atoms with van der Waals surface area (Å²) in [5.41, 5.74) is 0.227. The van der Waals surface area contributed by atoms with E-state index in [2.05, 4.69) is 9.47 Å². The Labute approximate surface area is 124 Å². The Bertz CT molecular complexity index is 567. The van der Waals surface area contributed by atoms with Crippen LogP contribution in [0.2, 0.25) is 0 Å². The summed E-state index contributed by atoms with van der Waals surface area (Å²) in [6.45, 7) is 1.68. The molecule has 0 aromatic heterocycles. The van der Waals surface area contributed by atoms with Crippen LogP contribution < -0.4 is 4.74 Å². The summed E-state index contributed by atoms with van der Waals surface area (Å²) >= 11 is 5.64. The van der Waals surface area contributed by atoms with E-state index in [4.69, 9.17) is 16.9 Å². The third-order valence-electron chi connectivity index (χ3n) is 2.42. The molecular formula is C13H11ClF3NO3. The van der Waals surface area contributed by atoms with Crippen molar-refractivity contribution in [3.05, 3.63) is 28.8 Å². The molecule has 0 heterocycles. The number of esters is 1. The van der Waals surface area contributed by atoms with Crippen LogP contribution in [0.5, 0.6) is 5.75 Å². The minimum atomic E-state index is -4.93. The van der Waals surface area contributed by atoms with Gasteiger partial charge in [0.05, 0.1) is 24.7 Å². The van der Waals surface area contributed by atoms with Crippen molar-refractivity contribution in [2.75, 3.05) is 6.61 Å². The molecule has 0 N–H and O–H groups in total. The highest BCUT2D eigenvalue weighted by molar-refractivity contribution is 6.17. The van der Waals surface area contributed by atoms with Crippen LogP contribution in [-0.2, 0) is 21.8 Å². The van der Waals surface area contributed by atoms with Crippen LogP contribution in [0, 0.1) is 11.3 Å². The van der Waals surface area contributed by atoms with Gasteiger partial charge in [-0.2, -0.15) is 5.26 Å². The standard InChI is InChI=1S/C13H11ClF3NO3/c1-2-20-12(19)5-8-3-9(6-14)10(7-18)4-11(8)21-13(15,16)17/h3-4H,2,5-6H2,1H3. The monoisotopic (exact) mass is 321 g/mol. The Kier molecular flexibility index (Phi) is 5.85. The molecule has 0 unspecified atom stereocenters. The van der Waals surface area contributed by atoms with Gasteiger partial charge in [-0.15, -0.1) is 24.8 Å². The molecule has 0 saturated carbocycles. The van der Waals surface area contributed by atoms with Gasteiger partial charge in [-0.3, -0.25) is 4.79 Å². The van der Waals surface area contributed by atoms with Crippen molar-refractivity contribution in [3.63, 3.8) is 0 Å². The normalized spacial score (nSPS) is 10.9. The lowest BCUT2D eigenvalue weighted by molar-refractivity contribution is -0.275. The van der Waals surface area contributed by atoms with Crippen LogP contribution in [0.1, 0.15) is 23.6 Å². The first-order valence-electron chi connectivity index (χ1n) is 5.84. The number of nitrogens with zero attached hydrogens (tertiary/aromatic N) is 1. The van der Waals surface area contributed by atoms with E-state index >= 15 is 0 Å². The number of hydrogen-bond acceptors (Lipinski definition) is 4. The molecule has 1 aromatic carbocycles. The van der Waals surface area contributed by atoms with Crippen LogP contribution in [0.3, 0.4) is 0 Å². The predicted octanol–water partition coefficient (Wildman–Crippen LogP) is 3.30. The van der Waals surface area contributed by atoms with Gasteiger partial charge in [-0.1, -0.05) is 0 Å². The number of hydrogen-bond donors (Lipinski definition) is 0. The van der Waals surface area contributed by atoms with E-state index in [1.807, 2.05) is 0 Å². The van der Waals surface area contributed by atoms with E-state index in [1.165, 1.54) is 6.07 Å². The van der Waals surface area contributed by atoms with Gasteiger partial charge in [0.15, 0.2) is 0 Å². The maximum atomic E-state index is 12.4. The van der Waals surface area contributed by atoms with E-state index in [9.17, 15) is 18.0 Å². The van der Waals surface area contributed by atoms with Crippen molar-refractivity contribution >= 4 is 17.6 Å². The van der Waals surface area contributed by atoms with Crippen molar-refractivity contribution in [1.29, 1.82) is 5.26 Å². The van der Waals surface area contributed by atoms with Gasteiger partial charge in [0.25, 0.3) is 0 Å². The maximum absolute atomic E-state index is 12.4. The first-order valence-corrected chi connectivity index (χ1v) is 6.37. The fourth-order valence-corrected chi connectivity index (χ4v) is 1.84. The number of nitriles is 1. The Morgan fingerprint density at radius 2 is 2.05 bits per heavy atom. The second-order valence-corrected chi connectivity index (χ2v) is 4.16. The van der Waals surface area contributed by atoms with Crippen LogP contribution in [-0.4, -0.2) is 18.9 Å². The largest absolute Gasteiger partial charge is 0.573 e. The molecule has 0 aliphatic rings. The summed E-state index contributed by atoms with van der Waals surface area (Å²) in [7, 11) is 0. The van der Waals surface area contributed by atoms with Crippen LogP contribution in [0.25, 0.3) is 0 Å². The van der Waals surface area contributed by atoms with E-state index in [0.717, 1.165) is 6.07 Å². The minimum absolute atomic E-state index is 0.0413. The Balaban J connectivity index is 3.23. The van der Waals surface area contributed by atoms with Gasteiger partial charge >= 0.3 is 12.3 Å². The smallest absolute Gasteiger partial charge is 0.466 e. The molecule has 0 aliphatic heterocycles. The molecule has 1 rings (SSSR count).